The van der Waals surface area contributed by atoms with Gasteiger partial charge in [-0.2, -0.15) is 0 Å². The first-order chi connectivity index (χ1) is 5.91. The Bertz CT molecular complexity index is 309. The Morgan fingerprint density at radius 2 is 1.77 bits per heavy atom. The normalized spacial score (nSPS) is 11.3. The van der Waals surface area contributed by atoms with Crippen LogP contribution in [-0.2, 0) is 5.67 Å². The lowest BCUT2D eigenvalue weighted by Gasteiger charge is -2.14. The summed E-state index contributed by atoms with van der Waals surface area (Å²) in [6.07, 6.45) is 0. The smallest absolute Gasteiger partial charge is 0.335 e. The third kappa shape index (κ3) is 2.28. The summed E-state index contributed by atoms with van der Waals surface area (Å²) in [5.74, 6) is -0.997. The zero-order valence-electron chi connectivity index (χ0n) is 7.54. The molecule has 1 N–H and O–H groups in total. The molecule has 0 aromatic heterocycles. The molecule has 3 heteroatoms. The van der Waals surface area contributed by atoms with Crippen LogP contribution < -0.4 is 0 Å². The van der Waals surface area contributed by atoms with E-state index in [1.165, 1.54) is 38.1 Å². The molecule has 1 rings (SSSR count). The fourth-order valence-electron chi connectivity index (χ4n) is 1.01. The fraction of sp³-hybridized carbons (Fsp3) is 0.300. The Kier molecular flexibility index (Phi) is 2.36. The molecule has 70 valence electrons. The van der Waals surface area contributed by atoms with E-state index in [1.807, 2.05) is 0 Å². The molecular weight excluding hydrogens is 171 g/mol. The van der Waals surface area contributed by atoms with Crippen molar-refractivity contribution >= 4 is 5.97 Å². The molecule has 0 aliphatic carbocycles. The van der Waals surface area contributed by atoms with E-state index in [2.05, 4.69) is 0 Å². The predicted octanol–water partition coefficient (Wildman–Crippen LogP) is 2.59. The van der Waals surface area contributed by atoms with E-state index in [0.29, 0.717) is 5.56 Å². The molecule has 1 aromatic rings. The topological polar surface area (TPSA) is 37.3 Å². The summed E-state index contributed by atoms with van der Waals surface area (Å²) in [5.41, 5.74) is -0.762. The van der Waals surface area contributed by atoms with Crippen LogP contribution in [0.5, 0.6) is 0 Å². The van der Waals surface area contributed by atoms with E-state index < -0.39 is 11.6 Å². The van der Waals surface area contributed by atoms with Crippen LogP contribution in [0.2, 0.25) is 0 Å². The van der Waals surface area contributed by atoms with Crippen LogP contribution >= 0.6 is 0 Å². The maximum atomic E-state index is 13.3. The Balaban J connectivity index is 3.01. The number of alkyl halides is 1. The Morgan fingerprint density at radius 1 is 1.31 bits per heavy atom. The summed E-state index contributed by atoms with van der Waals surface area (Å²) in [7, 11) is 0. The van der Waals surface area contributed by atoms with Crippen molar-refractivity contribution < 1.29 is 14.3 Å². The predicted molar refractivity (Wildman–Crippen MR) is 47.5 cm³/mol. The summed E-state index contributed by atoms with van der Waals surface area (Å²) < 4.78 is 13.3. The molecule has 0 amide bonds. The summed E-state index contributed by atoms with van der Waals surface area (Å²) >= 11 is 0. The van der Waals surface area contributed by atoms with Gasteiger partial charge in [-0.3, -0.25) is 0 Å². The lowest BCUT2D eigenvalue weighted by atomic mass is 9.99. The molecule has 0 atom stereocenters. The van der Waals surface area contributed by atoms with Gasteiger partial charge < -0.3 is 5.11 Å². The van der Waals surface area contributed by atoms with Crippen molar-refractivity contribution in [1.82, 2.24) is 0 Å². The largest absolute Gasteiger partial charge is 0.478 e. The van der Waals surface area contributed by atoms with Gasteiger partial charge in [0.1, 0.15) is 5.67 Å². The Morgan fingerprint density at radius 3 is 2.08 bits per heavy atom. The molecule has 0 heterocycles. The average Bonchev–Trinajstić information content (AvgIpc) is 2.03. The standard InChI is InChI=1S/C10H11FO2/c1-10(2,11)8-5-3-7(4-6-8)9(12)13/h3-6H,1-2H3,(H,12,13). The molecule has 0 saturated heterocycles. The quantitative estimate of drug-likeness (QED) is 0.763. The average molecular weight is 182 g/mol. The molecule has 0 aliphatic rings. The molecule has 0 unspecified atom stereocenters. The third-order valence-corrected chi connectivity index (χ3v) is 1.82. The number of rotatable bonds is 2. The van der Waals surface area contributed by atoms with Gasteiger partial charge in [0.05, 0.1) is 5.56 Å². The number of halogens is 1. The van der Waals surface area contributed by atoms with Crippen LogP contribution in [-0.4, -0.2) is 11.1 Å². The highest BCUT2D eigenvalue weighted by Crippen LogP contribution is 2.24. The van der Waals surface area contributed by atoms with Gasteiger partial charge in [-0.25, -0.2) is 9.18 Å². The van der Waals surface area contributed by atoms with E-state index in [4.69, 9.17) is 5.11 Å². The number of carboxylic acid groups (broad SMARTS) is 1. The first kappa shape index (κ1) is 9.71. The molecule has 1 aromatic carbocycles. The van der Waals surface area contributed by atoms with Crippen molar-refractivity contribution in [2.75, 3.05) is 0 Å². The lowest BCUT2D eigenvalue weighted by Crippen LogP contribution is -2.09. The van der Waals surface area contributed by atoms with Crippen LogP contribution in [0.3, 0.4) is 0 Å². The molecule has 0 radical (unpaired) electrons. The van der Waals surface area contributed by atoms with Crippen LogP contribution in [0.1, 0.15) is 29.8 Å². The first-order valence-corrected chi connectivity index (χ1v) is 3.94. The van der Waals surface area contributed by atoms with Crippen molar-refractivity contribution in [3.63, 3.8) is 0 Å². The van der Waals surface area contributed by atoms with Crippen molar-refractivity contribution in [3.8, 4) is 0 Å². The highest BCUT2D eigenvalue weighted by atomic mass is 19.1. The monoisotopic (exact) mass is 182 g/mol. The summed E-state index contributed by atoms with van der Waals surface area (Å²) in [6, 6.07) is 5.78. The number of benzene rings is 1. The SMILES string of the molecule is CC(C)(F)c1ccc(C(=O)O)cc1. The van der Waals surface area contributed by atoms with Gasteiger partial charge >= 0.3 is 5.97 Å². The van der Waals surface area contributed by atoms with Gasteiger partial charge in [0, 0.05) is 0 Å². The van der Waals surface area contributed by atoms with Crippen LogP contribution in [0.4, 0.5) is 4.39 Å². The zero-order valence-corrected chi connectivity index (χ0v) is 7.54. The van der Waals surface area contributed by atoms with Crippen molar-refractivity contribution in [3.05, 3.63) is 35.4 Å². The number of carbonyl (C=O) groups is 1. The second-order valence-electron chi connectivity index (χ2n) is 3.35. The number of aromatic carboxylic acids is 1. The maximum absolute atomic E-state index is 13.3. The molecule has 2 nitrogen and oxygen atoms in total. The number of hydrogen-bond acceptors (Lipinski definition) is 1. The van der Waals surface area contributed by atoms with E-state index in [0.717, 1.165) is 0 Å². The van der Waals surface area contributed by atoms with E-state index in [-0.39, 0.29) is 5.56 Å². The molecule has 0 saturated carbocycles. The molecule has 0 bridgehead atoms. The lowest BCUT2D eigenvalue weighted by molar-refractivity contribution is 0.0696. The highest BCUT2D eigenvalue weighted by Gasteiger charge is 2.18. The Hall–Kier alpha value is -1.38. The van der Waals surface area contributed by atoms with Crippen LogP contribution in [0, 0.1) is 0 Å². The third-order valence-electron chi connectivity index (χ3n) is 1.82. The Labute approximate surface area is 76.0 Å². The summed E-state index contributed by atoms with van der Waals surface area (Å²) in [6.45, 7) is 2.87. The van der Waals surface area contributed by atoms with Gasteiger partial charge in [-0.15, -0.1) is 0 Å². The molecular formula is C10H11FO2. The van der Waals surface area contributed by atoms with Gasteiger partial charge in [-0.1, -0.05) is 12.1 Å². The van der Waals surface area contributed by atoms with Crippen molar-refractivity contribution in [1.29, 1.82) is 0 Å². The van der Waals surface area contributed by atoms with Crippen LogP contribution in [0.15, 0.2) is 24.3 Å². The fourth-order valence-corrected chi connectivity index (χ4v) is 1.01. The summed E-state index contributed by atoms with van der Waals surface area (Å²) in [4.78, 5) is 10.5. The second-order valence-corrected chi connectivity index (χ2v) is 3.35. The zero-order chi connectivity index (χ0) is 10.1. The van der Waals surface area contributed by atoms with E-state index in [9.17, 15) is 9.18 Å². The van der Waals surface area contributed by atoms with Crippen molar-refractivity contribution in [2.45, 2.75) is 19.5 Å². The maximum Gasteiger partial charge on any atom is 0.335 e. The van der Waals surface area contributed by atoms with Crippen LogP contribution in [0.25, 0.3) is 0 Å². The van der Waals surface area contributed by atoms with E-state index in [1.54, 1.807) is 0 Å². The van der Waals surface area contributed by atoms with Gasteiger partial charge in [-0.05, 0) is 31.5 Å². The summed E-state index contributed by atoms with van der Waals surface area (Å²) in [5, 5.41) is 8.58. The second kappa shape index (κ2) is 3.17. The molecule has 0 aliphatic heterocycles. The van der Waals surface area contributed by atoms with Crippen molar-refractivity contribution in [2.24, 2.45) is 0 Å². The number of carboxylic acids is 1. The molecule has 0 fully saturated rings. The minimum Gasteiger partial charge on any atom is -0.478 e. The minimum absolute atomic E-state index is 0.174. The van der Waals surface area contributed by atoms with E-state index >= 15 is 0 Å². The molecule has 0 spiro atoms. The highest BCUT2D eigenvalue weighted by molar-refractivity contribution is 5.87. The first-order valence-electron chi connectivity index (χ1n) is 3.94. The minimum atomic E-state index is -1.42. The van der Waals surface area contributed by atoms with Gasteiger partial charge in [0.2, 0.25) is 0 Å². The van der Waals surface area contributed by atoms with Gasteiger partial charge in [0.25, 0.3) is 0 Å². The number of hydrogen-bond donors (Lipinski definition) is 1. The van der Waals surface area contributed by atoms with Gasteiger partial charge in [0.15, 0.2) is 0 Å². The molecule has 13 heavy (non-hydrogen) atoms.